The van der Waals surface area contributed by atoms with Crippen LogP contribution in [0, 0.1) is 26.7 Å². The molecule has 0 radical (unpaired) electrons. The van der Waals surface area contributed by atoms with Crippen LogP contribution in [0.2, 0.25) is 0 Å². The van der Waals surface area contributed by atoms with Gasteiger partial charge in [-0.2, -0.15) is 5.10 Å². The van der Waals surface area contributed by atoms with Crippen LogP contribution in [-0.2, 0) is 16.6 Å². The second-order valence-corrected chi connectivity index (χ2v) is 10.1. The van der Waals surface area contributed by atoms with Crippen LogP contribution < -0.4 is 10.0 Å². The summed E-state index contributed by atoms with van der Waals surface area (Å²) in [5.74, 6) is -0.257. The quantitative estimate of drug-likeness (QED) is 0.551. The summed E-state index contributed by atoms with van der Waals surface area (Å²) in [6.45, 7) is 8.97. The van der Waals surface area contributed by atoms with Gasteiger partial charge in [-0.15, -0.1) is 11.3 Å². The third kappa shape index (κ3) is 5.28. The van der Waals surface area contributed by atoms with Gasteiger partial charge in [0.25, 0.3) is 15.9 Å². The number of carbonyl (C=O) groups is 1. The normalized spacial score (nSPS) is 12.5. The van der Waals surface area contributed by atoms with Crippen LogP contribution in [-0.4, -0.2) is 30.7 Å². The Hall–Kier alpha value is -2.65. The first-order valence-corrected chi connectivity index (χ1v) is 12.0. The van der Waals surface area contributed by atoms with Crippen molar-refractivity contribution in [3.63, 3.8) is 0 Å². The predicted molar refractivity (Wildman–Crippen MR) is 120 cm³/mol. The summed E-state index contributed by atoms with van der Waals surface area (Å²) in [6.07, 6.45) is 0. The number of anilines is 1. The van der Waals surface area contributed by atoms with Crippen molar-refractivity contribution >= 4 is 33.0 Å². The molecule has 0 aliphatic rings. The van der Waals surface area contributed by atoms with Crippen molar-refractivity contribution in [1.82, 2.24) is 15.1 Å². The van der Waals surface area contributed by atoms with Gasteiger partial charge in [0.1, 0.15) is 9.77 Å². The van der Waals surface area contributed by atoms with Crippen molar-refractivity contribution in [2.24, 2.45) is 5.92 Å². The van der Waals surface area contributed by atoms with E-state index in [0.717, 1.165) is 28.3 Å². The minimum absolute atomic E-state index is 0.0169. The van der Waals surface area contributed by atoms with Crippen molar-refractivity contribution in [1.29, 1.82) is 0 Å². The smallest absolute Gasteiger partial charge is 0.263 e. The van der Waals surface area contributed by atoms with Gasteiger partial charge in [0.2, 0.25) is 0 Å². The lowest BCUT2D eigenvalue weighted by Crippen LogP contribution is -2.31. The zero-order valence-electron chi connectivity index (χ0n) is 17.5. The number of hydrogen-bond donors (Lipinski definition) is 2. The molecule has 1 aromatic carbocycles. The summed E-state index contributed by atoms with van der Waals surface area (Å²) in [7, 11) is -3.86. The number of nitrogens with one attached hydrogen (secondary N) is 2. The molecule has 160 valence electrons. The molecule has 0 spiro atoms. The van der Waals surface area contributed by atoms with E-state index >= 15 is 0 Å². The number of benzene rings is 1. The minimum Gasteiger partial charge on any atom is -0.351 e. The summed E-state index contributed by atoms with van der Waals surface area (Å²) >= 11 is 1.11. The molecular weight excluding hydrogens is 420 g/mol. The van der Waals surface area contributed by atoms with Gasteiger partial charge in [0.05, 0.1) is 5.69 Å². The van der Waals surface area contributed by atoms with E-state index in [4.69, 9.17) is 0 Å². The Balaban J connectivity index is 1.65. The number of thiophene rings is 1. The maximum absolute atomic E-state index is 12.8. The summed E-state index contributed by atoms with van der Waals surface area (Å²) in [6, 6.07) is 10.5. The van der Waals surface area contributed by atoms with Gasteiger partial charge < -0.3 is 5.32 Å². The van der Waals surface area contributed by atoms with E-state index in [0.29, 0.717) is 18.8 Å². The number of nitrogens with zero attached hydrogens (tertiary/aromatic N) is 2. The second kappa shape index (κ2) is 9.01. The first-order valence-electron chi connectivity index (χ1n) is 9.62. The van der Waals surface area contributed by atoms with Crippen molar-refractivity contribution < 1.29 is 13.2 Å². The summed E-state index contributed by atoms with van der Waals surface area (Å²) in [5, 5.41) is 8.90. The van der Waals surface area contributed by atoms with E-state index in [-0.39, 0.29) is 15.7 Å². The van der Waals surface area contributed by atoms with Gasteiger partial charge in [-0.3, -0.25) is 14.2 Å². The van der Waals surface area contributed by atoms with Gasteiger partial charge in [-0.25, -0.2) is 8.42 Å². The average Bonchev–Trinajstić information content (AvgIpc) is 3.29. The van der Waals surface area contributed by atoms with Gasteiger partial charge in [-0.1, -0.05) is 24.6 Å². The topological polar surface area (TPSA) is 93.1 Å². The summed E-state index contributed by atoms with van der Waals surface area (Å²) in [4.78, 5) is 12.8. The maximum atomic E-state index is 12.8. The fourth-order valence-corrected chi connectivity index (χ4v) is 5.48. The third-order valence-electron chi connectivity index (χ3n) is 4.63. The molecule has 2 aromatic heterocycles. The maximum Gasteiger partial charge on any atom is 0.263 e. The Kier molecular flexibility index (Phi) is 6.62. The molecule has 9 heteroatoms. The van der Waals surface area contributed by atoms with E-state index in [9.17, 15) is 13.2 Å². The highest BCUT2D eigenvalue weighted by molar-refractivity contribution is 7.93. The monoisotopic (exact) mass is 446 g/mol. The minimum atomic E-state index is -3.86. The van der Waals surface area contributed by atoms with Gasteiger partial charge in [-0.05, 0) is 56.3 Å². The molecule has 3 aromatic rings. The van der Waals surface area contributed by atoms with Gasteiger partial charge in [0, 0.05) is 24.5 Å². The standard InChI is InChI=1S/C21H26N4O3S2/c1-14-5-7-18(8-6-14)24-30(27,28)19-9-10-29-20(19)21(26)22-12-15(2)13-25-17(4)11-16(3)23-25/h5-11,15,24H,12-13H2,1-4H3,(H,22,26). The molecule has 30 heavy (non-hydrogen) atoms. The fraction of sp³-hybridized carbons (Fsp3) is 0.333. The zero-order valence-corrected chi connectivity index (χ0v) is 19.1. The van der Waals surface area contributed by atoms with Crippen molar-refractivity contribution in [2.45, 2.75) is 39.1 Å². The highest BCUT2D eigenvalue weighted by Gasteiger charge is 2.24. The number of rotatable bonds is 8. The summed E-state index contributed by atoms with van der Waals surface area (Å²) < 4.78 is 30.0. The number of amides is 1. The van der Waals surface area contributed by atoms with Crippen LogP contribution in [0.5, 0.6) is 0 Å². The molecular formula is C21H26N4O3S2. The van der Waals surface area contributed by atoms with Crippen LogP contribution in [0.15, 0.2) is 46.7 Å². The molecule has 2 N–H and O–H groups in total. The third-order valence-corrected chi connectivity index (χ3v) is 7.09. The first kappa shape index (κ1) is 22.0. The van der Waals surface area contributed by atoms with E-state index < -0.39 is 15.9 Å². The molecule has 2 heterocycles. The van der Waals surface area contributed by atoms with Crippen LogP contribution in [0.25, 0.3) is 0 Å². The highest BCUT2D eigenvalue weighted by Crippen LogP contribution is 2.24. The lowest BCUT2D eigenvalue weighted by Gasteiger charge is -2.14. The first-order chi connectivity index (χ1) is 14.2. The number of hydrogen-bond acceptors (Lipinski definition) is 5. The van der Waals surface area contributed by atoms with E-state index in [1.54, 1.807) is 17.5 Å². The Morgan fingerprint density at radius 3 is 2.50 bits per heavy atom. The van der Waals surface area contributed by atoms with Crippen molar-refractivity contribution in [3.8, 4) is 0 Å². The Labute approximate surface area is 181 Å². The molecule has 0 aliphatic heterocycles. The number of sulfonamides is 1. The molecule has 0 saturated heterocycles. The molecule has 0 aliphatic carbocycles. The molecule has 1 atom stereocenters. The number of carbonyl (C=O) groups excluding carboxylic acids is 1. The van der Waals surface area contributed by atoms with Gasteiger partial charge in [0.15, 0.2) is 0 Å². The molecule has 3 rings (SSSR count). The van der Waals surface area contributed by atoms with Gasteiger partial charge >= 0.3 is 0 Å². The SMILES string of the molecule is Cc1ccc(NS(=O)(=O)c2ccsc2C(=O)NCC(C)Cn2nc(C)cc2C)cc1. The van der Waals surface area contributed by atoms with Crippen LogP contribution >= 0.6 is 11.3 Å². The zero-order chi connectivity index (χ0) is 21.9. The van der Waals surface area contributed by atoms with Crippen LogP contribution in [0.4, 0.5) is 5.69 Å². The molecule has 0 fully saturated rings. The fourth-order valence-electron chi connectivity index (χ4n) is 3.07. The number of aryl methyl sites for hydroxylation is 3. The molecule has 1 amide bonds. The average molecular weight is 447 g/mol. The largest absolute Gasteiger partial charge is 0.351 e. The number of aromatic nitrogens is 2. The Morgan fingerprint density at radius 2 is 1.87 bits per heavy atom. The lowest BCUT2D eigenvalue weighted by atomic mass is 10.2. The Bertz CT molecular complexity index is 1130. The molecule has 1 unspecified atom stereocenters. The van der Waals surface area contributed by atoms with E-state index in [2.05, 4.69) is 15.1 Å². The molecule has 0 bridgehead atoms. The molecule has 7 nitrogen and oxygen atoms in total. The lowest BCUT2D eigenvalue weighted by molar-refractivity contribution is 0.0947. The predicted octanol–water partition coefficient (Wildman–Crippen LogP) is 3.74. The van der Waals surface area contributed by atoms with Crippen molar-refractivity contribution in [2.75, 3.05) is 11.3 Å². The van der Waals surface area contributed by atoms with E-state index in [1.165, 1.54) is 6.07 Å². The summed E-state index contributed by atoms with van der Waals surface area (Å²) in [5.41, 5.74) is 3.51. The van der Waals surface area contributed by atoms with Crippen LogP contribution in [0.3, 0.4) is 0 Å². The van der Waals surface area contributed by atoms with Crippen LogP contribution in [0.1, 0.15) is 33.5 Å². The van der Waals surface area contributed by atoms with Crippen molar-refractivity contribution in [3.05, 3.63) is 63.6 Å². The highest BCUT2D eigenvalue weighted by atomic mass is 32.2. The van der Waals surface area contributed by atoms with E-state index in [1.807, 2.05) is 50.6 Å². The Morgan fingerprint density at radius 1 is 1.17 bits per heavy atom. The second-order valence-electron chi connectivity index (χ2n) is 7.51. The molecule has 0 saturated carbocycles.